The number of halogens is 2. The summed E-state index contributed by atoms with van der Waals surface area (Å²) in [6, 6.07) is 0.420. The molecule has 0 saturated carbocycles. The van der Waals surface area contributed by atoms with Crippen molar-refractivity contribution in [3.05, 3.63) is 52.3 Å². The van der Waals surface area contributed by atoms with E-state index in [1.54, 1.807) is 0 Å². The zero-order valence-electron chi connectivity index (χ0n) is 13.3. The van der Waals surface area contributed by atoms with E-state index in [1.165, 1.54) is 13.1 Å². The molecule has 1 aromatic carbocycles. The summed E-state index contributed by atoms with van der Waals surface area (Å²) in [5.41, 5.74) is 4.25. The van der Waals surface area contributed by atoms with E-state index in [0.717, 1.165) is 16.8 Å². The second-order valence-electron chi connectivity index (χ2n) is 5.36. The SMILES string of the molecule is CC(NC(=O)O)c1nc2c(F)cc(F)cc2c(=O)n1-c1cnc(N)cn1. The summed E-state index contributed by atoms with van der Waals surface area (Å²) in [5.74, 6) is -2.08. The lowest BCUT2D eigenvalue weighted by Crippen LogP contribution is -2.33. The van der Waals surface area contributed by atoms with Gasteiger partial charge < -0.3 is 16.2 Å². The highest BCUT2D eigenvalue weighted by atomic mass is 19.1. The molecule has 134 valence electrons. The largest absolute Gasteiger partial charge is 0.465 e. The van der Waals surface area contributed by atoms with Crippen molar-refractivity contribution < 1.29 is 18.7 Å². The van der Waals surface area contributed by atoms with E-state index < -0.39 is 29.3 Å². The second kappa shape index (κ2) is 6.35. The van der Waals surface area contributed by atoms with Crippen molar-refractivity contribution in [3.63, 3.8) is 0 Å². The number of rotatable bonds is 3. The van der Waals surface area contributed by atoms with Gasteiger partial charge in [-0.3, -0.25) is 4.79 Å². The van der Waals surface area contributed by atoms with Gasteiger partial charge in [-0.15, -0.1) is 0 Å². The first-order valence-electron chi connectivity index (χ1n) is 7.27. The molecule has 4 N–H and O–H groups in total. The third-order valence-electron chi connectivity index (χ3n) is 3.53. The van der Waals surface area contributed by atoms with Gasteiger partial charge in [-0.1, -0.05) is 0 Å². The fraction of sp³-hybridized carbons (Fsp3) is 0.133. The summed E-state index contributed by atoms with van der Waals surface area (Å²) in [6.07, 6.45) is 0.968. The van der Waals surface area contributed by atoms with E-state index in [0.29, 0.717) is 6.07 Å². The highest BCUT2D eigenvalue weighted by Crippen LogP contribution is 2.20. The molecule has 0 aliphatic carbocycles. The summed E-state index contributed by atoms with van der Waals surface area (Å²) in [7, 11) is 0. The number of benzene rings is 1. The number of nitrogen functional groups attached to an aromatic ring is 1. The quantitative estimate of drug-likeness (QED) is 0.640. The first-order chi connectivity index (χ1) is 12.3. The number of fused-ring (bicyclic) bond motifs is 1. The average molecular weight is 362 g/mol. The van der Waals surface area contributed by atoms with Crippen LogP contribution in [0.4, 0.5) is 19.4 Å². The van der Waals surface area contributed by atoms with Crippen LogP contribution in [0.2, 0.25) is 0 Å². The minimum atomic E-state index is -1.37. The standard InChI is InChI=1S/C15H12F2N6O3/c1-6(21-15(25)26)13-22-12-8(2-7(16)3-9(12)17)14(24)23(13)11-5-19-10(18)4-20-11/h2-6,21H,1H3,(H2,18,19)(H,25,26). The topological polar surface area (TPSA) is 136 Å². The van der Waals surface area contributed by atoms with E-state index in [2.05, 4.69) is 20.3 Å². The summed E-state index contributed by atoms with van der Waals surface area (Å²) >= 11 is 0. The van der Waals surface area contributed by atoms with Gasteiger partial charge in [-0.2, -0.15) is 0 Å². The molecule has 1 amide bonds. The van der Waals surface area contributed by atoms with E-state index >= 15 is 0 Å². The van der Waals surface area contributed by atoms with Gasteiger partial charge in [0.1, 0.15) is 23.0 Å². The number of aromatic nitrogens is 4. The molecule has 3 rings (SSSR count). The fourth-order valence-electron chi connectivity index (χ4n) is 2.44. The molecule has 0 bridgehead atoms. The maximum Gasteiger partial charge on any atom is 0.405 e. The van der Waals surface area contributed by atoms with Crippen LogP contribution in [0.25, 0.3) is 16.7 Å². The smallest absolute Gasteiger partial charge is 0.405 e. The number of hydrogen-bond donors (Lipinski definition) is 3. The zero-order chi connectivity index (χ0) is 19.0. The Bertz CT molecular complexity index is 1070. The van der Waals surface area contributed by atoms with Gasteiger partial charge >= 0.3 is 6.09 Å². The third-order valence-corrected chi connectivity index (χ3v) is 3.53. The Morgan fingerprint density at radius 3 is 2.65 bits per heavy atom. The van der Waals surface area contributed by atoms with Crippen LogP contribution in [0.1, 0.15) is 18.8 Å². The van der Waals surface area contributed by atoms with Crippen molar-refractivity contribution in [2.24, 2.45) is 0 Å². The van der Waals surface area contributed by atoms with E-state index in [1.807, 2.05) is 0 Å². The van der Waals surface area contributed by atoms with Gasteiger partial charge in [0.05, 0.1) is 23.8 Å². The average Bonchev–Trinajstić information content (AvgIpc) is 2.56. The van der Waals surface area contributed by atoms with Crippen molar-refractivity contribution in [2.45, 2.75) is 13.0 Å². The van der Waals surface area contributed by atoms with Crippen LogP contribution in [-0.2, 0) is 0 Å². The lowest BCUT2D eigenvalue weighted by atomic mass is 10.2. The van der Waals surface area contributed by atoms with Gasteiger partial charge in [-0.25, -0.2) is 33.1 Å². The Morgan fingerprint density at radius 2 is 2.04 bits per heavy atom. The summed E-state index contributed by atoms with van der Waals surface area (Å²) in [4.78, 5) is 35.6. The van der Waals surface area contributed by atoms with Crippen LogP contribution in [0.3, 0.4) is 0 Å². The fourth-order valence-corrected chi connectivity index (χ4v) is 2.44. The van der Waals surface area contributed by atoms with Gasteiger partial charge in [0.15, 0.2) is 11.6 Å². The number of amides is 1. The molecule has 0 saturated heterocycles. The van der Waals surface area contributed by atoms with E-state index in [-0.39, 0.29) is 28.4 Å². The Hall–Kier alpha value is -3.63. The molecule has 11 heteroatoms. The van der Waals surface area contributed by atoms with Crippen molar-refractivity contribution in [3.8, 4) is 5.82 Å². The Kier molecular flexibility index (Phi) is 4.20. The van der Waals surface area contributed by atoms with Crippen molar-refractivity contribution in [1.29, 1.82) is 0 Å². The predicted molar refractivity (Wildman–Crippen MR) is 86.8 cm³/mol. The van der Waals surface area contributed by atoms with Crippen LogP contribution >= 0.6 is 0 Å². The van der Waals surface area contributed by atoms with Crippen molar-refractivity contribution in [1.82, 2.24) is 24.8 Å². The predicted octanol–water partition coefficient (Wildman–Crippen LogP) is 1.36. The Labute approximate surface area is 144 Å². The summed E-state index contributed by atoms with van der Waals surface area (Å²) in [5, 5.41) is 10.7. The first kappa shape index (κ1) is 17.2. The van der Waals surface area contributed by atoms with Gasteiger partial charge in [0.2, 0.25) is 0 Å². The number of anilines is 1. The molecule has 0 aliphatic rings. The minimum Gasteiger partial charge on any atom is -0.465 e. The molecule has 0 radical (unpaired) electrons. The normalized spacial score (nSPS) is 12.1. The first-order valence-corrected chi connectivity index (χ1v) is 7.27. The number of nitrogens with zero attached hydrogens (tertiary/aromatic N) is 4. The van der Waals surface area contributed by atoms with Gasteiger partial charge in [0.25, 0.3) is 5.56 Å². The van der Waals surface area contributed by atoms with Gasteiger partial charge in [-0.05, 0) is 13.0 Å². The highest BCUT2D eigenvalue weighted by Gasteiger charge is 2.22. The molecule has 0 aliphatic heterocycles. The summed E-state index contributed by atoms with van der Waals surface area (Å²) < 4.78 is 28.6. The lowest BCUT2D eigenvalue weighted by molar-refractivity contribution is 0.190. The molecule has 3 aromatic rings. The van der Waals surface area contributed by atoms with E-state index in [4.69, 9.17) is 10.8 Å². The molecule has 1 unspecified atom stereocenters. The second-order valence-corrected chi connectivity index (χ2v) is 5.36. The third kappa shape index (κ3) is 3.01. The Morgan fingerprint density at radius 1 is 1.31 bits per heavy atom. The number of carbonyl (C=O) groups is 1. The van der Waals surface area contributed by atoms with Crippen LogP contribution in [0, 0.1) is 11.6 Å². The van der Waals surface area contributed by atoms with Crippen LogP contribution in [0.5, 0.6) is 0 Å². The van der Waals surface area contributed by atoms with Crippen molar-refractivity contribution in [2.75, 3.05) is 5.73 Å². The maximum atomic E-state index is 14.1. The highest BCUT2D eigenvalue weighted by molar-refractivity contribution is 5.78. The number of carboxylic acid groups (broad SMARTS) is 1. The molecule has 2 heterocycles. The molecular formula is C15H12F2N6O3. The minimum absolute atomic E-state index is 0.0303. The molecule has 2 aromatic heterocycles. The number of nitrogens with one attached hydrogen (secondary N) is 1. The molecular weight excluding hydrogens is 350 g/mol. The molecule has 26 heavy (non-hydrogen) atoms. The van der Waals surface area contributed by atoms with Crippen LogP contribution in [-0.4, -0.2) is 30.7 Å². The monoisotopic (exact) mass is 362 g/mol. The van der Waals surface area contributed by atoms with Crippen LogP contribution < -0.4 is 16.6 Å². The Balaban J connectivity index is 2.38. The molecule has 0 fully saturated rings. The molecule has 1 atom stereocenters. The number of hydrogen-bond acceptors (Lipinski definition) is 6. The van der Waals surface area contributed by atoms with Crippen LogP contribution in [0.15, 0.2) is 29.3 Å². The summed E-state index contributed by atoms with van der Waals surface area (Å²) in [6.45, 7) is 1.41. The molecule has 9 nitrogen and oxygen atoms in total. The number of nitrogens with two attached hydrogens (primary N) is 1. The van der Waals surface area contributed by atoms with Crippen molar-refractivity contribution >= 4 is 22.8 Å². The lowest BCUT2D eigenvalue weighted by Gasteiger charge is -2.18. The zero-order valence-corrected chi connectivity index (χ0v) is 13.3. The molecule has 0 spiro atoms. The van der Waals surface area contributed by atoms with Gasteiger partial charge in [0, 0.05) is 6.07 Å². The maximum absolute atomic E-state index is 14.1. The van der Waals surface area contributed by atoms with E-state index in [9.17, 15) is 18.4 Å².